The second-order valence-corrected chi connectivity index (χ2v) is 9.46. The van der Waals surface area contributed by atoms with E-state index >= 15 is 0 Å². The Morgan fingerprint density at radius 3 is 2.28 bits per heavy atom. The molecule has 0 bridgehead atoms. The molecule has 0 saturated carbocycles. The lowest BCUT2D eigenvalue weighted by atomic mass is 10.1. The molecule has 156 valence electrons. The van der Waals surface area contributed by atoms with E-state index in [-0.39, 0.29) is 10.8 Å². The number of nitrogens with zero attached hydrogens (tertiary/aromatic N) is 2. The number of rotatable bonds is 7. The van der Waals surface area contributed by atoms with E-state index in [0.717, 1.165) is 37.3 Å². The van der Waals surface area contributed by atoms with E-state index in [0.29, 0.717) is 5.69 Å². The van der Waals surface area contributed by atoms with Crippen molar-refractivity contribution in [3.8, 4) is 0 Å². The molecular weight excluding hydrogens is 388 g/mol. The van der Waals surface area contributed by atoms with Gasteiger partial charge in [-0.3, -0.25) is 4.79 Å². The molecule has 29 heavy (non-hydrogen) atoms. The number of hydrogen-bond donors (Lipinski definition) is 2. The van der Waals surface area contributed by atoms with Crippen molar-refractivity contribution in [1.82, 2.24) is 9.71 Å². The molecule has 1 aromatic carbocycles. The summed E-state index contributed by atoms with van der Waals surface area (Å²) in [6.45, 7) is 7.48. The van der Waals surface area contributed by atoms with Gasteiger partial charge in [-0.25, -0.2) is 13.4 Å². The number of carbonyl (C=O) groups is 1. The van der Waals surface area contributed by atoms with Gasteiger partial charge in [0.05, 0.1) is 16.8 Å². The zero-order chi connectivity index (χ0) is 21.0. The monoisotopic (exact) mass is 416 g/mol. The Bertz CT molecular complexity index is 935. The quantitative estimate of drug-likeness (QED) is 0.724. The predicted octanol–water partition coefficient (Wildman–Crippen LogP) is 2.93. The molecule has 0 aliphatic carbocycles. The van der Waals surface area contributed by atoms with Crippen LogP contribution in [0.25, 0.3) is 0 Å². The molecule has 7 nitrogen and oxygen atoms in total. The Balaban J connectivity index is 1.70. The normalized spacial score (nSPS) is 15.5. The molecule has 1 atom stereocenters. The number of aryl methyl sites for hydroxylation is 1. The standard InChI is InChI=1S/C21H28N4O3S/c1-15(2)20(24-29(27,28)18-9-6-16(3)7-10-18)21(26)23-17-8-11-19(22-14-17)25-12-4-5-13-25/h6-11,14-15,20,24H,4-5,12-13H2,1-3H3,(H,23,26). The van der Waals surface area contributed by atoms with Crippen LogP contribution in [-0.2, 0) is 14.8 Å². The van der Waals surface area contributed by atoms with Crippen LogP contribution < -0.4 is 14.9 Å². The van der Waals surface area contributed by atoms with Crippen molar-refractivity contribution < 1.29 is 13.2 Å². The molecule has 0 radical (unpaired) electrons. The summed E-state index contributed by atoms with van der Waals surface area (Å²) in [4.78, 5) is 19.5. The largest absolute Gasteiger partial charge is 0.357 e. The lowest BCUT2D eigenvalue weighted by Crippen LogP contribution is -2.47. The Hall–Kier alpha value is -2.45. The summed E-state index contributed by atoms with van der Waals surface area (Å²) < 4.78 is 27.9. The molecule has 1 aliphatic rings. The smallest absolute Gasteiger partial charge is 0.242 e. The number of pyridine rings is 1. The van der Waals surface area contributed by atoms with E-state index in [1.807, 2.05) is 13.0 Å². The van der Waals surface area contributed by atoms with Crippen LogP contribution in [0.3, 0.4) is 0 Å². The highest BCUT2D eigenvalue weighted by Crippen LogP contribution is 2.20. The Labute approximate surface area is 172 Å². The zero-order valence-electron chi connectivity index (χ0n) is 17.1. The second kappa shape index (κ2) is 8.92. The first-order valence-corrected chi connectivity index (χ1v) is 11.4. The third kappa shape index (κ3) is 5.33. The van der Waals surface area contributed by atoms with Gasteiger partial charge >= 0.3 is 0 Å². The molecule has 1 saturated heterocycles. The highest BCUT2D eigenvalue weighted by molar-refractivity contribution is 7.89. The van der Waals surface area contributed by atoms with Crippen LogP contribution in [-0.4, -0.2) is 38.4 Å². The van der Waals surface area contributed by atoms with Crippen LogP contribution in [0.1, 0.15) is 32.3 Å². The number of anilines is 2. The van der Waals surface area contributed by atoms with Crippen molar-refractivity contribution >= 4 is 27.4 Å². The summed E-state index contributed by atoms with van der Waals surface area (Å²) in [5.41, 5.74) is 1.50. The van der Waals surface area contributed by atoms with E-state index in [1.54, 1.807) is 38.2 Å². The van der Waals surface area contributed by atoms with Gasteiger partial charge in [-0.15, -0.1) is 0 Å². The highest BCUT2D eigenvalue weighted by Gasteiger charge is 2.28. The topological polar surface area (TPSA) is 91.4 Å². The molecule has 2 aromatic rings. The van der Waals surface area contributed by atoms with E-state index < -0.39 is 22.0 Å². The van der Waals surface area contributed by atoms with E-state index in [1.165, 1.54) is 12.1 Å². The van der Waals surface area contributed by atoms with Crippen molar-refractivity contribution in [2.45, 2.75) is 44.6 Å². The summed E-state index contributed by atoms with van der Waals surface area (Å²) >= 11 is 0. The Kier molecular flexibility index (Phi) is 6.54. The average Bonchev–Trinajstić information content (AvgIpc) is 3.21. The van der Waals surface area contributed by atoms with E-state index in [4.69, 9.17) is 0 Å². The molecule has 8 heteroatoms. The lowest BCUT2D eigenvalue weighted by Gasteiger charge is -2.22. The van der Waals surface area contributed by atoms with Crippen LogP contribution >= 0.6 is 0 Å². The summed E-state index contributed by atoms with van der Waals surface area (Å²) in [5, 5.41) is 2.78. The van der Waals surface area contributed by atoms with Gasteiger partial charge in [0.1, 0.15) is 11.9 Å². The third-order valence-electron chi connectivity index (χ3n) is 5.01. The van der Waals surface area contributed by atoms with Crippen LogP contribution in [0.15, 0.2) is 47.5 Å². The first kappa shape index (κ1) is 21.3. The van der Waals surface area contributed by atoms with Crippen LogP contribution in [0.2, 0.25) is 0 Å². The van der Waals surface area contributed by atoms with Gasteiger partial charge < -0.3 is 10.2 Å². The maximum Gasteiger partial charge on any atom is 0.242 e. The first-order valence-electron chi connectivity index (χ1n) is 9.87. The number of amides is 1. The zero-order valence-corrected chi connectivity index (χ0v) is 17.9. The number of benzene rings is 1. The summed E-state index contributed by atoms with van der Waals surface area (Å²) in [5.74, 6) is 0.249. The van der Waals surface area contributed by atoms with Crippen LogP contribution in [0.4, 0.5) is 11.5 Å². The van der Waals surface area contributed by atoms with Gasteiger partial charge in [0.2, 0.25) is 15.9 Å². The van der Waals surface area contributed by atoms with Crippen molar-refractivity contribution in [3.05, 3.63) is 48.2 Å². The van der Waals surface area contributed by atoms with Crippen molar-refractivity contribution in [3.63, 3.8) is 0 Å². The molecule has 3 rings (SSSR count). The van der Waals surface area contributed by atoms with Gasteiger partial charge in [0.15, 0.2) is 0 Å². The van der Waals surface area contributed by atoms with Crippen LogP contribution in [0.5, 0.6) is 0 Å². The highest BCUT2D eigenvalue weighted by atomic mass is 32.2. The fraction of sp³-hybridized carbons (Fsp3) is 0.429. The average molecular weight is 417 g/mol. The van der Waals surface area contributed by atoms with Gasteiger partial charge in [-0.05, 0) is 49.9 Å². The number of aromatic nitrogens is 1. The summed E-state index contributed by atoms with van der Waals surface area (Å²) in [6, 6.07) is 9.30. The van der Waals surface area contributed by atoms with Crippen molar-refractivity contribution in [2.75, 3.05) is 23.3 Å². The number of carbonyl (C=O) groups excluding carboxylic acids is 1. The van der Waals surface area contributed by atoms with Gasteiger partial charge in [-0.2, -0.15) is 4.72 Å². The first-order chi connectivity index (χ1) is 13.8. The molecule has 2 heterocycles. The molecule has 1 aliphatic heterocycles. The van der Waals surface area contributed by atoms with Gasteiger partial charge in [-0.1, -0.05) is 31.5 Å². The second-order valence-electron chi connectivity index (χ2n) is 7.74. The number of nitrogens with one attached hydrogen (secondary N) is 2. The molecule has 1 amide bonds. The molecule has 1 unspecified atom stereocenters. The van der Waals surface area contributed by atoms with Gasteiger partial charge in [0, 0.05) is 13.1 Å². The Morgan fingerprint density at radius 2 is 1.72 bits per heavy atom. The lowest BCUT2D eigenvalue weighted by molar-refractivity contribution is -0.118. The minimum absolute atomic E-state index is 0.137. The maximum atomic E-state index is 12.8. The number of sulfonamides is 1. The molecule has 1 aromatic heterocycles. The summed E-state index contributed by atoms with van der Waals surface area (Å²) in [6.07, 6.45) is 3.94. The third-order valence-corrected chi connectivity index (χ3v) is 6.47. The SMILES string of the molecule is Cc1ccc(S(=O)(=O)NC(C(=O)Nc2ccc(N3CCCC3)nc2)C(C)C)cc1. The molecule has 0 spiro atoms. The predicted molar refractivity (Wildman–Crippen MR) is 114 cm³/mol. The number of hydrogen-bond acceptors (Lipinski definition) is 5. The van der Waals surface area contributed by atoms with Crippen molar-refractivity contribution in [1.29, 1.82) is 0 Å². The van der Waals surface area contributed by atoms with Crippen LogP contribution in [0, 0.1) is 12.8 Å². The van der Waals surface area contributed by atoms with Crippen molar-refractivity contribution in [2.24, 2.45) is 5.92 Å². The fourth-order valence-electron chi connectivity index (χ4n) is 3.26. The minimum Gasteiger partial charge on any atom is -0.357 e. The van der Waals surface area contributed by atoms with E-state index in [9.17, 15) is 13.2 Å². The summed E-state index contributed by atoms with van der Waals surface area (Å²) in [7, 11) is -3.81. The molecule has 2 N–H and O–H groups in total. The Morgan fingerprint density at radius 1 is 1.07 bits per heavy atom. The minimum atomic E-state index is -3.81. The van der Waals surface area contributed by atoms with E-state index in [2.05, 4.69) is 19.9 Å². The van der Waals surface area contributed by atoms with Gasteiger partial charge in [0.25, 0.3) is 0 Å². The molecular formula is C21H28N4O3S. The molecule has 1 fully saturated rings. The maximum absolute atomic E-state index is 12.8. The fourth-order valence-corrected chi connectivity index (χ4v) is 4.60.